The van der Waals surface area contributed by atoms with Crippen LogP contribution in [0.3, 0.4) is 0 Å². The van der Waals surface area contributed by atoms with Gasteiger partial charge in [-0.2, -0.15) is 4.31 Å². The molecule has 0 atom stereocenters. The van der Waals surface area contributed by atoms with Crippen LogP contribution in [0.15, 0.2) is 53.4 Å². The van der Waals surface area contributed by atoms with E-state index in [2.05, 4.69) is 10.3 Å². The summed E-state index contributed by atoms with van der Waals surface area (Å²) in [6.07, 6.45) is 0. The first-order chi connectivity index (χ1) is 14.9. The first kappa shape index (κ1) is 21.6. The van der Waals surface area contributed by atoms with Crippen molar-refractivity contribution >= 4 is 32.4 Å². The second-order valence-corrected chi connectivity index (χ2v) is 9.82. The quantitative estimate of drug-likeness (QED) is 0.628. The van der Waals surface area contributed by atoms with Crippen LogP contribution < -0.4 is 5.32 Å². The average Bonchev–Trinajstić information content (AvgIpc) is 3.15. The van der Waals surface area contributed by atoms with Gasteiger partial charge in [-0.1, -0.05) is 41.7 Å². The molecule has 0 saturated carbocycles. The van der Waals surface area contributed by atoms with Gasteiger partial charge in [0.25, 0.3) is 5.91 Å². The van der Waals surface area contributed by atoms with Crippen molar-refractivity contribution in [3.63, 3.8) is 0 Å². The summed E-state index contributed by atoms with van der Waals surface area (Å²) in [4.78, 5) is 17.5. The summed E-state index contributed by atoms with van der Waals surface area (Å²) >= 11 is 1.31. The standard InChI is InChI=1S/C21H20FN3O4S2/c1-14-19(15-5-3-2-4-6-15)30-21(23-14)24-20(26)16-7-8-17(22)18(13-16)31(27,28)25-9-11-29-12-10-25/h2-8,13H,9-12H2,1H3,(H,23,24,26). The molecule has 0 radical (unpaired) electrons. The Morgan fingerprint density at radius 3 is 2.58 bits per heavy atom. The highest BCUT2D eigenvalue weighted by atomic mass is 32.2. The van der Waals surface area contributed by atoms with Crippen molar-refractivity contribution in [2.24, 2.45) is 0 Å². The van der Waals surface area contributed by atoms with Gasteiger partial charge in [-0.15, -0.1) is 0 Å². The molecule has 31 heavy (non-hydrogen) atoms. The summed E-state index contributed by atoms with van der Waals surface area (Å²) in [5, 5.41) is 3.06. The lowest BCUT2D eigenvalue weighted by Crippen LogP contribution is -2.41. The third-order valence-corrected chi connectivity index (χ3v) is 7.87. The summed E-state index contributed by atoms with van der Waals surface area (Å²) in [7, 11) is -4.07. The Kier molecular flexibility index (Phi) is 6.15. The van der Waals surface area contributed by atoms with Gasteiger partial charge in [0, 0.05) is 18.7 Å². The predicted molar refractivity (Wildman–Crippen MR) is 116 cm³/mol. The molecule has 1 aromatic heterocycles. The number of benzene rings is 2. The maximum Gasteiger partial charge on any atom is 0.257 e. The number of nitrogens with one attached hydrogen (secondary N) is 1. The van der Waals surface area contributed by atoms with Gasteiger partial charge in [0.2, 0.25) is 10.0 Å². The molecule has 10 heteroatoms. The molecular weight excluding hydrogens is 441 g/mol. The lowest BCUT2D eigenvalue weighted by molar-refractivity contribution is 0.0729. The van der Waals surface area contributed by atoms with Crippen molar-refractivity contribution in [1.82, 2.24) is 9.29 Å². The lowest BCUT2D eigenvalue weighted by atomic mass is 10.2. The summed E-state index contributed by atoms with van der Waals surface area (Å²) in [6.45, 7) is 2.61. The van der Waals surface area contributed by atoms with E-state index in [1.165, 1.54) is 17.4 Å². The molecule has 2 heterocycles. The smallest absolute Gasteiger partial charge is 0.257 e. The van der Waals surface area contributed by atoms with Gasteiger partial charge >= 0.3 is 0 Å². The molecule has 1 aliphatic rings. The van der Waals surface area contributed by atoms with Crippen LogP contribution in [0.2, 0.25) is 0 Å². The van der Waals surface area contributed by atoms with E-state index in [1.807, 2.05) is 37.3 Å². The Balaban J connectivity index is 1.58. The van der Waals surface area contributed by atoms with Crippen LogP contribution in [0, 0.1) is 12.7 Å². The van der Waals surface area contributed by atoms with E-state index < -0.39 is 26.6 Å². The Labute approximate surface area is 183 Å². The van der Waals surface area contributed by atoms with Crippen LogP contribution in [0.5, 0.6) is 0 Å². The van der Waals surface area contributed by atoms with Crippen molar-refractivity contribution in [1.29, 1.82) is 0 Å². The SMILES string of the molecule is Cc1nc(NC(=O)c2ccc(F)c(S(=O)(=O)N3CCOCC3)c2)sc1-c1ccccc1. The van der Waals surface area contributed by atoms with E-state index in [-0.39, 0.29) is 31.9 Å². The van der Waals surface area contributed by atoms with Gasteiger partial charge in [-0.25, -0.2) is 17.8 Å². The number of rotatable bonds is 5. The van der Waals surface area contributed by atoms with Gasteiger partial charge < -0.3 is 4.74 Å². The highest BCUT2D eigenvalue weighted by Gasteiger charge is 2.30. The number of aromatic nitrogens is 1. The third kappa shape index (κ3) is 4.52. The number of thiazole rings is 1. The van der Waals surface area contributed by atoms with E-state index in [0.717, 1.165) is 32.6 Å². The maximum atomic E-state index is 14.4. The van der Waals surface area contributed by atoms with Crippen molar-refractivity contribution in [2.45, 2.75) is 11.8 Å². The highest BCUT2D eigenvalue weighted by molar-refractivity contribution is 7.89. The predicted octanol–water partition coefficient (Wildman–Crippen LogP) is 3.53. The number of aryl methyl sites for hydroxylation is 1. The minimum atomic E-state index is -4.07. The number of sulfonamides is 1. The minimum absolute atomic E-state index is 0.0300. The average molecular weight is 462 g/mol. The first-order valence-electron chi connectivity index (χ1n) is 9.58. The fraction of sp³-hybridized carbons (Fsp3) is 0.238. The molecule has 0 unspecified atom stereocenters. The van der Waals surface area contributed by atoms with E-state index in [9.17, 15) is 17.6 Å². The zero-order valence-corrected chi connectivity index (χ0v) is 18.3. The number of carbonyl (C=O) groups excluding carboxylic acids is 1. The number of anilines is 1. The lowest BCUT2D eigenvalue weighted by Gasteiger charge is -2.26. The largest absolute Gasteiger partial charge is 0.379 e. The Bertz CT molecular complexity index is 1210. The maximum absolute atomic E-state index is 14.4. The molecule has 1 aliphatic heterocycles. The molecular formula is C21H20FN3O4S2. The Hall–Kier alpha value is -2.66. The molecule has 1 N–H and O–H groups in total. The normalized spacial score (nSPS) is 15.0. The van der Waals surface area contributed by atoms with E-state index in [1.54, 1.807) is 0 Å². The molecule has 162 valence electrons. The van der Waals surface area contributed by atoms with E-state index >= 15 is 0 Å². The summed E-state index contributed by atoms with van der Waals surface area (Å²) in [5.41, 5.74) is 1.78. The number of morpholine rings is 1. The molecule has 1 saturated heterocycles. The fourth-order valence-electron chi connectivity index (χ4n) is 3.24. The number of halogens is 1. The summed E-state index contributed by atoms with van der Waals surface area (Å²) in [6, 6.07) is 13.0. The Morgan fingerprint density at radius 1 is 1.16 bits per heavy atom. The molecule has 0 spiro atoms. The molecule has 7 nitrogen and oxygen atoms in total. The zero-order valence-electron chi connectivity index (χ0n) is 16.7. The van der Waals surface area contributed by atoms with Crippen molar-refractivity contribution in [3.05, 3.63) is 65.6 Å². The molecule has 3 aromatic rings. The van der Waals surface area contributed by atoms with Gasteiger partial charge in [0.15, 0.2) is 5.13 Å². The number of ether oxygens (including phenoxy) is 1. The van der Waals surface area contributed by atoms with Crippen molar-refractivity contribution in [3.8, 4) is 10.4 Å². The second-order valence-electron chi connectivity index (χ2n) is 6.92. The monoisotopic (exact) mass is 461 g/mol. The van der Waals surface area contributed by atoms with Crippen molar-refractivity contribution < 1.29 is 22.3 Å². The number of hydrogen-bond acceptors (Lipinski definition) is 6. The molecule has 1 fully saturated rings. The summed E-state index contributed by atoms with van der Waals surface area (Å²) in [5.74, 6) is -1.47. The minimum Gasteiger partial charge on any atom is -0.379 e. The van der Waals surface area contributed by atoms with E-state index in [4.69, 9.17) is 4.74 Å². The van der Waals surface area contributed by atoms with Crippen LogP contribution >= 0.6 is 11.3 Å². The summed E-state index contributed by atoms with van der Waals surface area (Å²) < 4.78 is 46.4. The number of carbonyl (C=O) groups is 1. The number of nitrogens with zero attached hydrogens (tertiary/aromatic N) is 2. The van der Waals surface area contributed by atoms with Crippen LogP contribution in [0.4, 0.5) is 9.52 Å². The highest BCUT2D eigenvalue weighted by Crippen LogP contribution is 2.33. The first-order valence-corrected chi connectivity index (χ1v) is 11.8. The molecule has 0 aliphatic carbocycles. The number of hydrogen-bond donors (Lipinski definition) is 1. The van der Waals surface area contributed by atoms with Crippen LogP contribution in [0.1, 0.15) is 16.1 Å². The molecule has 2 aromatic carbocycles. The van der Waals surface area contributed by atoms with E-state index in [0.29, 0.717) is 5.13 Å². The third-order valence-electron chi connectivity index (χ3n) is 4.83. The van der Waals surface area contributed by atoms with Crippen LogP contribution in [-0.4, -0.2) is 49.9 Å². The van der Waals surface area contributed by atoms with Gasteiger partial charge in [-0.05, 0) is 30.7 Å². The van der Waals surface area contributed by atoms with Gasteiger partial charge in [0.1, 0.15) is 10.7 Å². The van der Waals surface area contributed by atoms with Crippen molar-refractivity contribution in [2.75, 3.05) is 31.6 Å². The topological polar surface area (TPSA) is 88.6 Å². The molecule has 1 amide bonds. The van der Waals surface area contributed by atoms with Crippen LogP contribution in [0.25, 0.3) is 10.4 Å². The van der Waals surface area contributed by atoms with Gasteiger partial charge in [0.05, 0.1) is 23.8 Å². The molecule has 0 bridgehead atoms. The Morgan fingerprint density at radius 2 is 1.87 bits per heavy atom. The fourth-order valence-corrected chi connectivity index (χ4v) is 5.71. The number of amides is 1. The second kappa shape index (κ2) is 8.83. The van der Waals surface area contributed by atoms with Crippen LogP contribution in [-0.2, 0) is 14.8 Å². The molecule has 4 rings (SSSR count). The van der Waals surface area contributed by atoms with Gasteiger partial charge in [-0.3, -0.25) is 10.1 Å². The zero-order chi connectivity index (χ0) is 22.0.